The first-order valence-electron chi connectivity index (χ1n) is 6.46. The maximum absolute atomic E-state index is 5.91. The van der Waals surface area contributed by atoms with Crippen molar-refractivity contribution in [1.82, 2.24) is 15.3 Å². The fraction of sp³-hybridized carbons (Fsp3) is 0.692. The predicted octanol–water partition coefficient (Wildman–Crippen LogP) is 1.71. The highest BCUT2D eigenvalue weighted by Gasteiger charge is 2.21. The molecule has 0 saturated heterocycles. The number of aromatic nitrogens is 2. The third kappa shape index (κ3) is 3.23. The zero-order valence-corrected chi connectivity index (χ0v) is 10.7. The molecule has 0 bridgehead atoms. The van der Waals surface area contributed by atoms with Gasteiger partial charge in [-0.25, -0.2) is 0 Å². The molecule has 1 heterocycles. The third-order valence-corrected chi connectivity index (χ3v) is 3.59. The van der Waals surface area contributed by atoms with E-state index < -0.39 is 0 Å². The fourth-order valence-electron chi connectivity index (χ4n) is 2.56. The van der Waals surface area contributed by atoms with Gasteiger partial charge in [0.1, 0.15) is 0 Å². The summed E-state index contributed by atoms with van der Waals surface area (Å²) in [4.78, 5) is 8.69. The van der Waals surface area contributed by atoms with Crippen LogP contribution in [-0.4, -0.2) is 22.1 Å². The molecule has 1 fully saturated rings. The Bertz CT molecular complexity index is 358. The highest BCUT2D eigenvalue weighted by molar-refractivity contribution is 5.12. The number of nitrogens with zero attached hydrogens (tertiary/aromatic N) is 2. The monoisotopic (exact) mass is 234 g/mol. The first kappa shape index (κ1) is 12.5. The van der Waals surface area contributed by atoms with Crippen LogP contribution >= 0.6 is 0 Å². The topological polar surface area (TPSA) is 63.8 Å². The number of hydrogen-bond donors (Lipinski definition) is 2. The van der Waals surface area contributed by atoms with Gasteiger partial charge in [-0.3, -0.25) is 9.97 Å². The fourth-order valence-corrected chi connectivity index (χ4v) is 2.56. The molecule has 1 aliphatic carbocycles. The summed E-state index contributed by atoms with van der Waals surface area (Å²) in [5.41, 5.74) is 7.98. The van der Waals surface area contributed by atoms with E-state index in [0.717, 1.165) is 24.2 Å². The average Bonchev–Trinajstić information content (AvgIpc) is 2.32. The van der Waals surface area contributed by atoms with Crippen molar-refractivity contribution in [3.8, 4) is 0 Å². The summed E-state index contributed by atoms with van der Waals surface area (Å²) in [6, 6.07) is 1.25. The third-order valence-electron chi connectivity index (χ3n) is 3.59. The Morgan fingerprint density at radius 2 is 1.88 bits per heavy atom. The van der Waals surface area contributed by atoms with Crippen LogP contribution in [0.3, 0.4) is 0 Å². The van der Waals surface area contributed by atoms with E-state index in [1.807, 2.05) is 6.92 Å². The van der Waals surface area contributed by atoms with E-state index in [0.29, 0.717) is 12.1 Å². The van der Waals surface area contributed by atoms with Crippen LogP contribution in [0.2, 0.25) is 0 Å². The molecular formula is C13H22N4. The molecule has 1 aromatic rings. The second-order valence-electron chi connectivity index (χ2n) is 5.03. The van der Waals surface area contributed by atoms with Crippen LogP contribution in [0.5, 0.6) is 0 Å². The number of hydrogen-bond acceptors (Lipinski definition) is 4. The SMILES string of the molecule is Cc1nccnc1C(C)NC1CCC(N)CC1. The zero-order chi connectivity index (χ0) is 12.3. The molecule has 94 valence electrons. The van der Waals surface area contributed by atoms with Gasteiger partial charge in [0, 0.05) is 30.5 Å². The van der Waals surface area contributed by atoms with Crippen LogP contribution in [0.25, 0.3) is 0 Å². The minimum absolute atomic E-state index is 0.267. The molecule has 0 amide bonds. The molecule has 4 heteroatoms. The molecule has 1 aliphatic rings. The van der Waals surface area contributed by atoms with Gasteiger partial charge in [-0.15, -0.1) is 0 Å². The number of rotatable bonds is 3. The maximum atomic E-state index is 5.91. The van der Waals surface area contributed by atoms with Crippen molar-refractivity contribution in [3.05, 3.63) is 23.8 Å². The Kier molecular flexibility index (Phi) is 4.07. The minimum atomic E-state index is 0.267. The van der Waals surface area contributed by atoms with Gasteiger partial charge in [-0.2, -0.15) is 0 Å². The van der Waals surface area contributed by atoms with E-state index in [9.17, 15) is 0 Å². The molecule has 17 heavy (non-hydrogen) atoms. The smallest absolute Gasteiger partial charge is 0.0782 e. The summed E-state index contributed by atoms with van der Waals surface area (Å²) in [5, 5.41) is 3.64. The van der Waals surface area contributed by atoms with Crippen molar-refractivity contribution in [3.63, 3.8) is 0 Å². The standard InChI is InChI=1S/C13H22N4/c1-9-13(16-8-7-15-9)10(2)17-12-5-3-11(14)4-6-12/h7-8,10-12,17H,3-6,14H2,1-2H3. The normalized spacial score (nSPS) is 26.8. The van der Waals surface area contributed by atoms with Gasteiger partial charge in [0.05, 0.1) is 11.4 Å². The van der Waals surface area contributed by atoms with Gasteiger partial charge in [0.2, 0.25) is 0 Å². The quantitative estimate of drug-likeness (QED) is 0.835. The molecular weight excluding hydrogens is 212 g/mol. The van der Waals surface area contributed by atoms with Crippen LogP contribution in [0, 0.1) is 6.92 Å². The van der Waals surface area contributed by atoms with Crippen molar-refractivity contribution >= 4 is 0 Å². The molecule has 1 atom stereocenters. The lowest BCUT2D eigenvalue weighted by atomic mass is 9.91. The molecule has 0 aliphatic heterocycles. The lowest BCUT2D eigenvalue weighted by molar-refractivity contribution is 0.319. The number of aryl methyl sites for hydroxylation is 1. The Morgan fingerprint density at radius 3 is 2.53 bits per heavy atom. The lowest BCUT2D eigenvalue weighted by Gasteiger charge is -2.29. The molecule has 0 radical (unpaired) electrons. The van der Waals surface area contributed by atoms with Crippen LogP contribution in [0.15, 0.2) is 12.4 Å². The predicted molar refractivity (Wildman–Crippen MR) is 68.6 cm³/mol. The van der Waals surface area contributed by atoms with E-state index >= 15 is 0 Å². The van der Waals surface area contributed by atoms with Crippen LogP contribution < -0.4 is 11.1 Å². The second kappa shape index (κ2) is 5.56. The van der Waals surface area contributed by atoms with Crippen molar-refractivity contribution < 1.29 is 0 Å². The average molecular weight is 234 g/mol. The van der Waals surface area contributed by atoms with Crippen LogP contribution in [0.4, 0.5) is 0 Å². The second-order valence-corrected chi connectivity index (χ2v) is 5.03. The van der Waals surface area contributed by atoms with Gasteiger partial charge in [-0.1, -0.05) is 0 Å². The van der Waals surface area contributed by atoms with Crippen molar-refractivity contribution in [1.29, 1.82) is 0 Å². The van der Waals surface area contributed by atoms with E-state index in [1.54, 1.807) is 12.4 Å². The Hall–Kier alpha value is -1.00. The molecule has 1 saturated carbocycles. The lowest BCUT2D eigenvalue weighted by Crippen LogP contribution is -2.38. The van der Waals surface area contributed by atoms with E-state index in [4.69, 9.17) is 5.73 Å². The molecule has 2 rings (SSSR count). The summed E-state index contributed by atoms with van der Waals surface area (Å²) < 4.78 is 0. The summed E-state index contributed by atoms with van der Waals surface area (Å²) in [7, 11) is 0. The zero-order valence-electron chi connectivity index (χ0n) is 10.7. The van der Waals surface area contributed by atoms with Crippen LogP contribution in [0.1, 0.15) is 50.0 Å². The Balaban J connectivity index is 1.93. The first-order chi connectivity index (χ1) is 8.16. The van der Waals surface area contributed by atoms with E-state index in [1.165, 1.54) is 12.8 Å². The Morgan fingerprint density at radius 1 is 1.24 bits per heavy atom. The van der Waals surface area contributed by atoms with Gasteiger partial charge in [0.25, 0.3) is 0 Å². The molecule has 0 spiro atoms. The molecule has 1 aromatic heterocycles. The highest BCUT2D eigenvalue weighted by atomic mass is 15.0. The highest BCUT2D eigenvalue weighted by Crippen LogP contribution is 2.21. The number of nitrogens with one attached hydrogen (secondary N) is 1. The molecule has 4 nitrogen and oxygen atoms in total. The van der Waals surface area contributed by atoms with E-state index in [2.05, 4.69) is 22.2 Å². The first-order valence-corrected chi connectivity index (χ1v) is 6.46. The van der Waals surface area contributed by atoms with Crippen molar-refractivity contribution in [2.75, 3.05) is 0 Å². The van der Waals surface area contributed by atoms with Crippen molar-refractivity contribution in [2.45, 2.75) is 57.7 Å². The van der Waals surface area contributed by atoms with Gasteiger partial charge in [-0.05, 0) is 39.5 Å². The summed E-state index contributed by atoms with van der Waals surface area (Å²) in [6.07, 6.45) is 8.10. The van der Waals surface area contributed by atoms with Crippen molar-refractivity contribution in [2.24, 2.45) is 5.73 Å². The van der Waals surface area contributed by atoms with Crippen LogP contribution in [-0.2, 0) is 0 Å². The molecule has 3 N–H and O–H groups in total. The van der Waals surface area contributed by atoms with Gasteiger partial charge < -0.3 is 11.1 Å². The summed E-state index contributed by atoms with van der Waals surface area (Å²) in [6.45, 7) is 4.17. The van der Waals surface area contributed by atoms with Gasteiger partial charge >= 0.3 is 0 Å². The van der Waals surface area contributed by atoms with Gasteiger partial charge in [0.15, 0.2) is 0 Å². The number of nitrogens with two attached hydrogens (primary N) is 1. The largest absolute Gasteiger partial charge is 0.328 e. The minimum Gasteiger partial charge on any atom is -0.328 e. The summed E-state index contributed by atoms with van der Waals surface area (Å²) in [5.74, 6) is 0. The molecule has 0 aromatic carbocycles. The van der Waals surface area contributed by atoms with E-state index in [-0.39, 0.29) is 6.04 Å². The maximum Gasteiger partial charge on any atom is 0.0782 e. The molecule has 1 unspecified atom stereocenters. The Labute approximate surface area is 103 Å². The summed E-state index contributed by atoms with van der Waals surface area (Å²) >= 11 is 0.